The number of nitrogens with one attached hydrogen (secondary N) is 1. The van der Waals surface area contributed by atoms with Gasteiger partial charge >= 0.3 is 0 Å². The third kappa shape index (κ3) is 4.03. The molecule has 1 heterocycles. The minimum absolute atomic E-state index is 0.176. The molecule has 2 atom stereocenters. The summed E-state index contributed by atoms with van der Waals surface area (Å²) in [5, 5.41) is 16.9. The number of hydrogen-bond acceptors (Lipinski definition) is 5. The molecule has 1 aromatic carbocycles. The van der Waals surface area contributed by atoms with Crippen molar-refractivity contribution in [3.05, 3.63) is 45.9 Å². The van der Waals surface area contributed by atoms with Crippen LogP contribution in [0.15, 0.2) is 29.8 Å². The average Bonchev–Trinajstić information content (AvgIpc) is 3.02. The number of thiazole rings is 1. The Morgan fingerprint density at radius 2 is 2.24 bits per heavy atom. The van der Waals surface area contributed by atoms with Gasteiger partial charge in [0.2, 0.25) is 0 Å². The van der Waals surface area contributed by atoms with Crippen LogP contribution in [0.4, 0.5) is 0 Å². The Kier molecular flexibility index (Phi) is 5.73. The molecule has 2 aromatic rings. The Hall–Kier alpha value is -1.43. The Bertz CT molecular complexity index is 557. The lowest BCUT2D eigenvalue weighted by Gasteiger charge is -2.19. The molecule has 0 aliphatic heterocycles. The van der Waals surface area contributed by atoms with Crippen LogP contribution in [0, 0.1) is 6.92 Å². The van der Waals surface area contributed by atoms with E-state index < -0.39 is 6.10 Å². The van der Waals surface area contributed by atoms with Crippen molar-refractivity contribution in [1.29, 1.82) is 0 Å². The SMILES string of the molecule is CCC(NCC(O)c1cc(C)ccc1OC)c1nccs1. The van der Waals surface area contributed by atoms with E-state index in [0.717, 1.165) is 28.3 Å². The van der Waals surface area contributed by atoms with Gasteiger partial charge in [0, 0.05) is 23.7 Å². The fourth-order valence-electron chi connectivity index (χ4n) is 2.29. The zero-order valence-corrected chi connectivity index (χ0v) is 13.5. The first-order valence-electron chi connectivity index (χ1n) is 7.11. The first-order valence-corrected chi connectivity index (χ1v) is 7.99. The zero-order chi connectivity index (χ0) is 15.2. The lowest BCUT2D eigenvalue weighted by Crippen LogP contribution is -2.26. The molecule has 0 aliphatic rings. The number of methoxy groups -OCH3 is 1. The van der Waals surface area contributed by atoms with Crippen LogP contribution in [0.2, 0.25) is 0 Å². The number of aliphatic hydroxyl groups is 1. The maximum atomic E-state index is 10.4. The van der Waals surface area contributed by atoms with Gasteiger partial charge in [-0.3, -0.25) is 0 Å². The van der Waals surface area contributed by atoms with Gasteiger partial charge in [-0.25, -0.2) is 4.98 Å². The monoisotopic (exact) mass is 306 g/mol. The van der Waals surface area contributed by atoms with Gasteiger partial charge in [0.25, 0.3) is 0 Å². The van der Waals surface area contributed by atoms with E-state index in [0.29, 0.717) is 6.54 Å². The molecule has 0 fully saturated rings. The molecule has 1 aromatic heterocycles. The molecule has 5 heteroatoms. The lowest BCUT2D eigenvalue weighted by atomic mass is 10.0. The van der Waals surface area contributed by atoms with Crippen LogP contribution in [0.1, 0.15) is 41.6 Å². The Morgan fingerprint density at radius 1 is 1.43 bits per heavy atom. The summed E-state index contributed by atoms with van der Waals surface area (Å²) in [5.41, 5.74) is 1.93. The first kappa shape index (κ1) is 15.9. The number of nitrogens with zero attached hydrogens (tertiary/aromatic N) is 1. The standard InChI is InChI=1S/C16H22N2O2S/c1-4-13(16-17-7-8-21-16)18-10-14(19)12-9-11(2)5-6-15(12)20-3/h5-9,13-14,18-19H,4,10H2,1-3H3. The van der Waals surface area contributed by atoms with Crippen molar-refractivity contribution in [3.63, 3.8) is 0 Å². The second-order valence-electron chi connectivity index (χ2n) is 5.00. The molecule has 2 unspecified atom stereocenters. The van der Waals surface area contributed by atoms with Gasteiger partial charge in [-0.15, -0.1) is 11.3 Å². The third-order valence-corrected chi connectivity index (χ3v) is 4.35. The van der Waals surface area contributed by atoms with Crippen molar-refractivity contribution in [2.75, 3.05) is 13.7 Å². The summed E-state index contributed by atoms with van der Waals surface area (Å²) in [6.45, 7) is 4.59. The molecule has 0 spiro atoms. The number of rotatable bonds is 7. The Morgan fingerprint density at radius 3 is 2.86 bits per heavy atom. The molecule has 0 bridgehead atoms. The van der Waals surface area contributed by atoms with E-state index in [1.807, 2.05) is 36.7 Å². The minimum atomic E-state index is -0.603. The average molecular weight is 306 g/mol. The van der Waals surface area contributed by atoms with Crippen molar-refractivity contribution in [3.8, 4) is 5.75 Å². The number of aliphatic hydroxyl groups excluding tert-OH is 1. The van der Waals surface area contributed by atoms with E-state index in [1.54, 1.807) is 18.4 Å². The molecule has 4 nitrogen and oxygen atoms in total. The van der Waals surface area contributed by atoms with Gasteiger partial charge < -0.3 is 15.2 Å². The fourth-order valence-corrected chi connectivity index (χ4v) is 3.09. The number of aromatic nitrogens is 1. The van der Waals surface area contributed by atoms with Gasteiger partial charge in [0.05, 0.1) is 19.3 Å². The molecule has 0 saturated heterocycles. The fraction of sp³-hybridized carbons (Fsp3) is 0.438. The quantitative estimate of drug-likeness (QED) is 0.824. The third-order valence-electron chi connectivity index (χ3n) is 3.46. The van der Waals surface area contributed by atoms with Gasteiger partial charge in [-0.2, -0.15) is 0 Å². The molecule has 0 aliphatic carbocycles. The van der Waals surface area contributed by atoms with E-state index in [-0.39, 0.29) is 6.04 Å². The van der Waals surface area contributed by atoms with E-state index in [9.17, 15) is 5.11 Å². The molecular formula is C16H22N2O2S. The first-order chi connectivity index (χ1) is 10.2. The summed E-state index contributed by atoms with van der Waals surface area (Å²) in [4.78, 5) is 4.34. The van der Waals surface area contributed by atoms with Crippen LogP contribution in [0.5, 0.6) is 5.75 Å². The minimum Gasteiger partial charge on any atom is -0.496 e. The highest BCUT2D eigenvalue weighted by atomic mass is 32.1. The van der Waals surface area contributed by atoms with Crippen LogP contribution in [-0.2, 0) is 0 Å². The van der Waals surface area contributed by atoms with E-state index in [4.69, 9.17) is 4.74 Å². The Balaban J connectivity index is 2.04. The van der Waals surface area contributed by atoms with Crippen molar-refractivity contribution in [1.82, 2.24) is 10.3 Å². The van der Waals surface area contributed by atoms with Crippen LogP contribution in [-0.4, -0.2) is 23.7 Å². The summed E-state index contributed by atoms with van der Waals surface area (Å²) in [5.74, 6) is 0.720. The van der Waals surface area contributed by atoms with E-state index in [1.165, 1.54) is 0 Å². The molecule has 0 saturated carbocycles. The molecule has 0 amide bonds. The smallest absolute Gasteiger partial charge is 0.124 e. The van der Waals surface area contributed by atoms with Gasteiger partial charge in [0.15, 0.2) is 0 Å². The Labute approximate surface area is 129 Å². The lowest BCUT2D eigenvalue weighted by molar-refractivity contribution is 0.165. The van der Waals surface area contributed by atoms with E-state index in [2.05, 4.69) is 17.2 Å². The summed E-state index contributed by atoms with van der Waals surface area (Å²) in [6, 6.07) is 6.02. The molecule has 0 radical (unpaired) electrons. The van der Waals surface area contributed by atoms with Crippen molar-refractivity contribution < 1.29 is 9.84 Å². The van der Waals surface area contributed by atoms with Crippen LogP contribution >= 0.6 is 11.3 Å². The second-order valence-corrected chi connectivity index (χ2v) is 5.93. The predicted molar refractivity (Wildman–Crippen MR) is 85.8 cm³/mol. The highest BCUT2D eigenvalue weighted by molar-refractivity contribution is 7.09. The highest BCUT2D eigenvalue weighted by Gasteiger charge is 2.17. The predicted octanol–water partition coefficient (Wildman–Crippen LogP) is 3.23. The molecule has 114 valence electrons. The topological polar surface area (TPSA) is 54.4 Å². The summed E-state index contributed by atoms with van der Waals surface area (Å²) >= 11 is 1.63. The van der Waals surface area contributed by atoms with Crippen molar-refractivity contribution in [2.24, 2.45) is 0 Å². The number of hydrogen-bond donors (Lipinski definition) is 2. The number of ether oxygens (including phenoxy) is 1. The maximum Gasteiger partial charge on any atom is 0.124 e. The summed E-state index contributed by atoms with van der Waals surface area (Å²) < 4.78 is 5.33. The number of aryl methyl sites for hydroxylation is 1. The molecule has 2 rings (SSSR count). The van der Waals surface area contributed by atoms with Crippen LogP contribution in [0.3, 0.4) is 0 Å². The molecule has 2 N–H and O–H groups in total. The van der Waals surface area contributed by atoms with Crippen molar-refractivity contribution >= 4 is 11.3 Å². The van der Waals surface area contributed by atoms with Gasteiger partial charge in [0.1, 0.15) is 10.8 Å². The summed E-state index contributed by atoms with van der Waals surface area (Å²) in [6.07, 6.45) is 2.14. The normalized spacial score (nSPS) is 13.9. The van der Waals surface area contributed by atoms with Crippen LogP contribution < -0.4 is 10.1 Å². The van der Waals surface area contributed by atoms with Crippen LogP contribution in [0.25, 0.3) is 0 Å². The second kappa shape index (κ2) is 7.54. The molecular weight excluding hydrogens is 284 g/mol. The highest BCUT2D eigenvalue weighted by Crippen LogP contribution is 2.27. The van der Waals surface area contributed by atoms with E-state index >= 15 is 0 Å². The largest absolute Gasteiger partial charge is 0.496 e. The molecule has 21 heavy (non-hydrogen) atoms. The van der Waals surface area contributed by atoms with Gasteiger partial charge in [-0.1, -0.05) is 18.6 Å². The maximum absolute atomic E-state index is 10.4. The zero-order valence-electron chi connectivity index (χ0n) is 12.7. The van der Waals surface area contributed by atoms with Gasteiger partial charge in [-0.05, 0) is 25.5 Å². The number of benzene rings is 1. The summed E-state index contributed by atoms with van der Waals surface area (Å²) in [7, 11) is 1.62. The van der Waals surface area contributed by atoms with Crippen molar-refractivity contribution in [2.45, 2.75) is 32.4 Å².